The summed E-state index contributed by atoms with van der Waals surface area (Å²) in [6.45, 7) is -4.53. The minimum absolute atomic E-state index is 0.0754. The molecule has 0 radical (unpaired) electrons. The number of carbonyl (C=O) groups excluding carboxylic acids is 10. The maximum Gasteiger partial charge on any atom is 0.549 e. The molecule has 0 aliphatic heterocycles. The Kier molecular flexibility index (Phi) is 29.3. The summed E-state index contributed by atoms with van der Waals surface area (Å²) < 4.78 is 78.7. The lowest BCUT2D eigenvalue weighted by Gasteiger charge is -2.32. The lowest BCUT2D eigenvalue weighted by molar-refractivity contribution is -0.210. The molecule has 35 nitrogen and oxygen atoms in total. The van der Waals surface area contributed by atoms with Gasteiger partial charge in [-0.05, 0) is 73.5 Å². The molecule has 0 amide bonds. The Balaban J connectivity index is 1.49. The van der Waals surface area contributed by atoms with Gasteiger partial charge in [-0.2, -0.15) is 24.0 Å². The minimum atomic E-state index is -1.76. The number of carbonyl (C=O) groups is 10. The van der Waals surface area contributed by atoms with Gasteiger partial charge in [-0.1, -0.05) is 30.3 Å². The molecule has 2 unspecified atom stereocenters. The first-order valence-corrected chi connectivity index (χ1v) is 27.2. The Hall–Kier alpha value is -12.2. The molecule has 0 saturated carbocycles. The molecule has 0 N–H and O–H groups in total. The number of ether oxygens (including phenoxy) is 15. The summed E-state index contributed by atoms with van der Waals surface area (Å²) in [7, 11) is 12.5. The van der Waals surface area contributed by atoms with Gasteiger partial charge in [0.1, 0.15) is 27.8 Å². The fourth-order valence-corrected chi connectivity index (χ4v) is 8.54. The average molecular weight is 1340 g/mol. The van der Waals surface area contributed by atoms with Crippen molar-refractivity contribution in [1.82, 2.24) is 0 Å². The maximum atomic E-state index is 13.5. The topological polar surface area (TPSA) is 401 Å². The largest absolute Gasteiger partial charge is 0.549 e. The van der Waals surface area contributed by atoms with E-state index in [1.54, 1.807) is 0 Å². The average Bonchev–Trinajstić information content (AvgIpc) is 0.939. The molecule has 0 aliphatic rings. The first-order chi connectivity index (χ1) is 45.8. The van der Waals surface area contributed by atoms with Crippen LogP contribution in [0.4, 0.5) is 24.0 Å². The van der Waals surface area contributed by atoms with E-state index in [9.17, 15) is 47.9 Å². The molecule has 0 aromatic heterocycles. The molecule has 512 valence electrons. The van der Waals surface area contributed by atoms with Crippen LogP contribution in [0.15, 0.2) is 91.0 Å². The summed E-state index contributed by atoms with van der Waals surface area (Å²) in [5, 5.41) is 0. The second kappa shape index (κ2) is 37.8. The maximum absolute atomic E-state index is 13.5. The molecule has 35 heteroatoms. The van der Waals surface area contributed by atoms with Crippen molar-refractivity contribution in [2.75, 3.05) is 104 Å². The van der Waals surface area contributed by atoms with Crippen molar-refractivity contribution in [2.24, 2.45) is 17.8 Å². The number of methoxy groups -OCH3 is 10. The van der Waals surface area contributed by atoms with E-state index in [4.69, 9.17) is 85.7 Å². The molecule has 5 aromatic rings. The van der Waals surface area contributed by atoms with Crippen molar-refractivity contribution in [3.8, 4) is 57.5 Å². The highest BCUT2D eigenvalue weighted by Gasteiger charge is 2.36. The van der Waals surface area contributed by atoms with Crippen LogP contribution in [-0.2, 0) is 72.6 Å². The fraction of sp³-hybridized carbons (Fsp3) is 0.333. The SMILES string of the molecule is COc1cccc(C(=O)OOC(=O)OCCC(COC(=O)OOC(=O)c2cccc(OC)c2OC)C(COC(=O)OOC(=O)c2cccc(OC)c2OC)C(CCOC(=O)OOC(=O)c2cccc(OC)c2OC)COC(=O)OOC(=O)c2cccc(OC)c2OC)c1OC. The van der Waals surface area contributed by atoms with Crippen LogP contribution in [0.1, 0.15) is 64.6 Å². The lowest BCUT2D eigenvalue weighted by Crippen LogP contribution is -2.37. The zero-order chi connectivity index (χ0) is 69.4. The minimum Gasteiger partial charge on any atom is -0.493 e. The van der Waals surface area contributed by atoms with E-state index in [2.05, 4.69) is 34.2 Å². The van der Waals surface area contributed by atoms with Gasteiger partial charge in [-0.25, -0.2) is 72.8 Å². The molecule has 95 heavy (non-hydrogen) atoms. The van der Waals surface area contributed by atoms with Gasteiger partial charge in [-0.3, -0.25) is 0 Å². The summed E-state index contributed by atoms with van der Waals surface area (Å²) in [5.41, 5.74) is -1.39. The molecule has 5 aromatic carbocycles. The zero-order valence-corrected chi connectivity index (χ0v) is 52.1. The highest BCUT2D eigenvalue weighted by Crippen LogP contribution is 2.36. The molecule has 0 saturated heterocycles. The third kappa shape index (κ3) is 20.9. The van der Waals surface area contributed by atoms with E-state index in [-0.39, 0.29) is 85.3 Å². The van der Waals surface area contributed by atoms with Gasteiger partial charge >= 0.3 is 60.6 Å². The zero-order valence-electron chi connectivity index (χ0n) is 52.1. The second-order valence-corrected chi connectivity index (χ2v) is 18.1. The smallest absolute Gasteiger partial charge is 0.493 e. The Morgan fingerprint density at radius 1 is 0.263 bits per heavy atom. The molecule has 5 rings (SSSR count). The lowest BCUT2D eigenvalue weighted by atomic mass is 9.79. The van der Waals surface area contributed by atoms with Crippen LogP contribution in [0.5, 0.6) is 57.5 Å². The van der Waals surface area contributed by atoms with Gasteiger partial charge < -0.3 is 71.1 Å². The van der Waals surface area contributed by atoms with E-state index in [0.29, 0.717) is 0 Å². The van der Waals surface area contributed by atoms with E-state index in [0.717, 1.165) is 0 Å². The fourth-order valence-electron chi connectivity index (χ4n) is 8.54. The highest BCUT2D eigenvalue weighted by molar-refractivity contribution is 5.96. The molecule has 0 aliphatic carbocycles. The molecule has 0 heterocycles. The van der Waals surface area contributed by atoms with Crippen molar-refractivity contribution in [3.63, 3.8) is 0 Å². The molecular weight excluding hydrogens is 1280 g/mol. The number of rotatable bonds is 29. The third-order valence-electron chi connectivity index (χ3n) is 12.9. The number of para-hydroxylation sites is 5. The standard InChI is InChI=1S/C60H62O35/c1-71-41-21-11-16-35(46(41)76-6)51(61)86-91-56(66)81-28-26-33(30-83-58(68)93-88-53(63)37-18-13-23-43(73-3)48(37)78-8)40(32-85-60(70)95-90-55(65)39-20-15-25-45(75-5)50(39)80-10)34(31-84-59(69)94-89-54(64)38-19-14-24-44(74-4)49(38)79-9)27-29-82-57(67)92-87-52(62)36-17-12-22-42(72-2)47(36)77-7/h11-25,33-34,40H,26-32H2,1-10H3. The molecule has 0 spiro atoms. The number of hydrogen-bond acceptors (Lipinski definition) is 35. The molecule has 2 atom stereocenters. The van der Waals surface area contributed by atoms with Gasteiger partial charge in [0.2, 0.25) is 0 Å². The monoisotopic (exact) mass is 1340 g/mol. The summed E-state index contributed by atoms with van der Waals surface area (Å²) in [6, 6.07) is 20.4. The second-order valence-electron chi connectivity index (χ2n) is 18.1. The Morgan fingerprint density at radius 3 is 0.684 bits per heavy atom. The van der Waals surface area contributed by atoms with Crippen molar-refractivity contribution in [1.29, 1.82) is 0 Å². The predicted octanol–water partition coefficient (Wildman–Crippen LogP) is 8.33. The van der Waals surface area contributed by atoms with Crippen LogP contribution in [-0.4, -0.2) is 165 Å². The predicted molar refractivity (Wildman–Crippen MR) is 307 cm³/mol. The summed E-state index contributed by atoms with van der Waals surface area (Å²) in [6.07, 6.45) is -9.68. The van der Waals surface area contributed by atoms with Crippen molar-refractivity contribution in [2.45, 2.75) is 12.8 Å². The quantitative estimate of drug-likeness (QED) is 0.0188. The van der Waals surface area contributed by atoms with Crippen molar-refractivity contribution < 1.29 is 168 Å². The van der Waals surface area contributed by atoms with Gasteiger partial charge in [0, 0.05) is 17.8 Å². The summed E-state index contributed by atoms with van der Waals surface area (Å²) in [4.78, 5) is 179. The van der Waals surface area contributed by atoms with Gasteiger partial charge in [0.15, 0.2) is 57.5 Å². The van der Waals surface area contributed by atoms with Gasteiger partial charge in [0.05, 0.1) is 104 Å². The van der Waals surface area contributed by atoms with Crippen LogP contribution >= 0.6 is 0 Å². The number of benzene rings is 5. The third-order valence-corrected chi connectivity index (χ3v) is 12.9. The van der Waals surface area contributed by atoms with Crippen LogP contribution in [0, 0.1) is 17.8 Å². The van der Waals surface area contributed by atoms with Crippen LogP contribution in [0.2, 0.25) is 0 Å². The van der Waals surface area contributed by atoms with Gasteiger partial charge in [-0.15, -0.1) is 0 Å². The van der Waals surface area contributed by atoms with Crippen molar-refractivity contribution in [3.05, 3.63) is 119 Å². The first-order valence-electron chi connectivity index (χ1n) is 27.2. The normalized spacial score (nSPS) is 11.2. The van der Waals surface area contributed by atoms with E-state index in [1.165, 1.54) is 162 Å². The van der Waals surface area contributed by atoms with Crippen LogP contribution < -0.4 is 47.4 Å². The summed E-state index contributed by atoms with van der Waals surface area (Å²) in [5.74, 6) is -11.0. The van der Waals surface area contributed by atoms with Crippen molar-refractivity contribution >= 4 is 60.6 Å². The van der Waals surface area contributed by atoms with Gasteiger partial charge in [0.25, 0.3) is 0 Å². The molecule has 0 bridgehead atoms. The number of hydrogen-bond donors (Lipinski definition) is 0. The van der Waals surface area contributed by atoms with E-state index >= 15 is 0 Å². The highest BCUT2D eigenvalue weighted by atomic mass is 17.3. The molecule has 0 fully saturated rings. The molecular formula is C60H62O35. The first kappa shape index (κ1) is 73.5. The Bertz CT molecular complexity index is 3290. The van der Waals surface area contributed by atoms with Crippen LogP contribution in [0.25, 0.3) is 0 Å². The van der Waals surface area contributed by atoms with E-state index < -0.39 is 124 Å². The van der Waals surface area contributed by atoms with Crippen LogP contribution in [0.3, 0.4) is 0 Å². The Labute approximate surface area is 538 Å². The Morgan fingerprint density at radius 2 is 0.474 bits per heavy atom. The summed E-state index contributed by atoms with van der Waals surface area (Å²) >= 11 is 0. The van der Waals surface area contributed by atoms with E-state index in [1.807, 2.05) is 0 Å².